The number of hydrazone groups is 1. The Kier molecular flexibility index (Phi) is 6.05. The number of hydrogen-bond donors (Lipinski definition) is 1. The average molecular weight is 437 g/mol. The van der Waals surface area contributed by atoms with E-state index in [1.165, 1.54) is 23.0 Å². The number of carbonyl (C=O) groups is 1. The van der Waals surface area contributed by atoms with Crippen molar-refractivity contribution in [2.24, 2.45) is 10.1 Å². The Morgan fingerprint density at radius 3 is 2.87 bits per heavy atom. The zero-order valence-corrected chi connectivity index (χ0v) is 19.3. The van der Waals surface area contributed by atoms with Crippen molar-refractivity contribution >= 4 is 34.2 Å². The van der Waals surface area contributed by atoms with Crippen LogP contribution in [0.2, 0.25) is 0 Å². The molecule has 2 aliphatic rings. The molecule has 0 bridgehead atoms. The number of thioether (sulfide) groups is 1. The van der Waals surface area contributed by atoms with E-state index in [9.17, 15) is 4.79 Å². The van der Waals surface area contributed by atoms with Crippen LogP contribution in [0.15, 0.2) is 52.6 Å². The quantitative estimate of drug-likeness (QED) is 0.549. The highest BCUT2D eigenvalue weighted by atomic mass is 32.2. The van der Waals surface area contributed by atoms with Crippen molar-refractivity contribution in [3.63, 3.8) is 0 Å². The summed E-state index contributed by atoms with van der Waals surface area (Å²) < 4.78 is 5.06. The van der Waals surface area contributed by atoms with Crippen LogP contribution >= 0.6 is 11.8 Å². The van der Waals surface area contributed by atoms with Gasteiger partial charge in [0.05, 0.1) is 17.6 Å². The molecule has 2 aromatic rings. The molecule has 4 rings (SSSR count). The summed E-state index contributed by atoms with van der Waals surface area (Å²) in [4.78, 5) is 18.9. The van der Waals surface area contributed by atoms with Crippen LogP contribution in [0.4, 0.5) is 10.5 Å². The fourth-order valence-corrected chi connectivity index (χ4v) is 4.98. The zero-order chi connectivity index (χ0) is 22.0. The Labute approximate surface area is 187 Å². The number of hydrogen-bond acceptors (Lipinski definition) is 5. The Morgan fingerprint density at radius 1 is 1.29 bits per heavy atom. The number of aryl methyl sites for hydroxylation is 1. The summed E-state index contributed by atoms with van der Waals surface area (Å²) in [5, 5.41) is 4.26. The monoisotopic (exact) mass is 436 g/mol. The average Bonchev–Trinajstić information content (AvgIpc) is 2.76. The number of ether oxygens (including phenoxy) is 1. The van der Waals surface area contributed by atoms with E-state index in [4.69, 9.17) is 9.73 Å². The van der Waals surface area contributed by atoms with E-state index in [1.807, 2.05) is 32.0 Å². The maximum Gasteiger partial charge on any atom is 0.300 e. The van der Waals surface area contributed by atoms with Gasteiger partial charge in [0, 0.05) is 24.3 Å². The number of amidine groups is 1. The highest BCUT2D eigenvalue weighted by molar-refractivity contribution is 8.15. The molecule has 162 valence electrons. The molecule has 0 atom stereocenters. The van der Waals surface area contributed by atoms with Crippen LogP contribution < -0.4 is 15.1 Å². The van der Waals surface area contributed by atoms with Crippen LogP contribution in [-0.2, 0) is 6.42 Å². The smallest absolute Gasteiger partial charge is 0.300 e. The molecule has 0 spiro atoms. The fourth-order valence-electron chi connectivity index (χ4n) is 4.16. The van der Waals surface area contributed by atoms with Crippen molar-refractivity contribution < 1.29 is 9.53 Å². The maximum absolute atomic E-state index is 11.8. The summed E-state index contributed by atoms with van der Waals surface area (Å²) in [6.07, 6.45) is 2.05. The van der Waals surface area contributed by atoms with E-state index >= 15 is 0 Å². The first-order valence-corrected chi connectivity index (χ1v) is 11.4. The molecule has 7 heteroatoms. The SMILES string of the molecule is CC/N=C(/c1cccc(OC)c1)N1CCCc2cc(C3=NNC(=O)SC3(C)C)ccc21. The summed E-state index contributed by atoms with van der Waals surface area (Å²) in [6.45, 7) is 7.76. The number of nitrogens with zero attached hydrogens (tertiary/aromatic N) is 3. The predicted molar refractivity (Wildman–Crippen MR) is 129 cm³/mol. The van der Waals surface area contributed by atoms with E-state index in [0.717, 1.165) is 47.8 Å². The van der Waals surface area contributed by atoms with Crippen LogP contribution in [0, 0.1) is 0 Å². The fraction of sp³-hybridized carbons (Fsp3) is 0.375. The van der Waals surface area contributed by atoms with Gasteiger partial charge in [0.15, 0.2) is 0 Å². The van der Waals surface area contributed by atoms with Gasteiger partial charge < -0.3 is 9.64 Å². The normalized spacial score (nSPS) is 18.2. The van der Waals surface area contributed by atoms with Gasteiger partial charge in [-0.15, -0.1) is 0 Å². The van der Waals surface area contributed by atoms with Crippen molar-refractivity contribution in [3.05, 3.63) is 59.2 Å². The van der Waals surface area contributed by atoms with Gasteiger partial charge in [-0.25, -0.2) is 5.43 Å². The lowest BCUT2D eigenvalue weighted by molar-refractivity contribution is 0.260. The molecule has 0 fully saturated rings. The molecular weight excluding hydrogens is 408 g/mol. The molecule has 0 aliphatic carbocycles. The van der Waals surface area contributed by atoms with E-state index in [-0.39, 0.29) is 9.99 Å². The van der Waals surface area contributed by atoms with Gasteiger partial charge >= 0.3 is 0 Å². The third kappa shape index (κ3) is 4.32. The van der Waals surface area contributed by atoms with E-state index < -0.39 is 0 Å². The minimum Gasteiger partial charge on any atom is -0.497 e. The Hall–Kier alpha value is -2.80. The van der Waals surface area contributed by atoms with Crippen molar-refractivity contribution in [1.82, 2.24) is 5.43 Å². The number of rotatable bonds is 4. The lowest BCUT2D eigenvalue weighted by Gasteiger charge is -2.34. The van der Waals surface area contributed by atoms with Crippen LogP contribution in [0.5, 0.6) is 5.75 Å². The first-order chi connectivity index (χ1) is 14.9. The molecule has 31 heavy (non-hydrogen) atoms. The molecule has 0 aromatic heterocycles. The third-order valence-corrected chi connectivity index (χ3v) is 6.52. The van der Waals surface area contributed by atoms with Gasteiger partial charge in [-0.05, 0) is 69.0 Å². The van der Waals surface area contributed by atoms with Gasteiger partial charge in [-0.3, -0.25) is 9.79 Å². The summed E-state index contributed by atoms with van der Waals surface area (Å²) in [7, 11) is 1.68. The second-order valence-electron chi connectivity index (χ2n) is 8.10. The number of methoxy groups -OCH3 is 1. The highest BCUT2D eigenvalue weighted by Gasteiger charge is 2.34. The molecule has 2 heterocycles. The molecule has 0 saturated heterocycles. The van der Waals surface area contributed by atoms with Gasteiger partial charge in [-0.1, -0.05) is 30.0 Å². The summed E-state index contributed by atoms with van der Waals surface area (Å²) >= 11 is 1.27. The van der Waals surface area contributed by atoms with E-state index in [0.29, 0.717) is 6.54 Å². The molecule has 2 aliphatic heterocycles. The highest BCUT2D eigenvalue weighted by Crippen LogP contribution is 2.35. The summed E-state index contributed by atoms with van der Waals surface area (Å²) in [6, 6.07) is 14.6. The number of amides is 1. The van der Waals surface area contributed by atoms with Crippen molar-refractivity contribution in [2.75, 3.05) is 25.1 Å². The van der Waals surface area contributed by atoms with Gasteiger partial charge in [0.1, 0.15) is 11.6 Å². The Morgan fingerprint density at radius 2 is 2.13 bits per heavy atom. The largest absolute Gasteiger partial charge is 0.497 e. The maximum atomic E-state index is 11.8. The number of anilines is 1. The second kappa shape index (κ2) is 8.75. The van der Waals surface area contributed by atoms with Crippen LogP contribution in [0.25, 0.3) is 0 Å². The lowest BCUT2D eigenvalue weighted by atomic mass is 9.93. The van der Waals surface area contributed by atoms with Crippen molar-refractivity contribution in [2.45, 2.75) is 38.4 Å². The number of carbonyl (C=O) groups excluding carboxylic acids is 1. The summed E-state index contributed by atoms with van der Waals surface area (Å²) in [5.41, 5.74) is 8.06. The minimum atomic E-state index is -0.375. The van der Waals surface area contributed by atoms with E-state index in [2.05, 4.69) is 46.6 Å². The third-order valence-electron chi connectivity index (χ3n) is 5.54. The number of benzene rings is 2. The Balaban J connectivity index is 1.73. The number of aliphatic imine (C=N–C) groups is 1. The molecule has 1 amide bonds. The predicted octanol–water partition coefficient (Wildman–Crippen LogP) is 4.85. The summed E-state index contributed by atoms with van der Waals surface area (Å²) in [5.74, 6) is 1.79. The first-order valence-electron chi connectivity index (χ1n) is 10.6. The van der Waals surface area contributed by atoms with Gasteiger partial charge in [-0.2, -0.15) is 5.10 Å². The van der Waals surface area contributed by atoms with E-state index in [1.54, 1.807) is 7.11 Å². The van der Waals surface area contributed by atoms with Crippen LogP contribution in [-0.4, -0.2) is 41.7 Å². The topological polar surface area (TPSA) is 66.3 Å². The molecule has 0 unspecified atom stereocenters. The molecular formula is C24H28N4O2S. The molecule has 0 saturated carbocycles. The number of nitrogens with one attached hydrogen (secondary N) is 1. The van der Waals surface area contributed by atoms with Crippen molar-refractivity contribution in [3.8, 4) is 5.75 Å². The second-order valence-corrected chi connectivity index (χ2v) is 9.70. The van der Waals surface area contributed by atoms with Gasteiger partial charge in [0.2, 0.25) is 0 Å². The Bertz CT molecular complexity index is 1060. The minimum absolute atomic E-state index is 0.114. The van der Waals surface area contributed by atoms with Crippen LogP contribution in [0.3, 0.4) is 0 Å². The lowest BCUT2D eigenvalue weighted by Crippen LogP contribution is -2.39. The molecule has 2 aromatic carbocycles. The molecule has 0 radical (unpaired) electrons. The van der Waals surface area contributed by atoms with Crippen LogP contribution in [0.1, 0.15) is 43.9 Å². The molecule has 6 nitrogen and oxygen atoms in total. The molecule has 1 N–H and O–H groups in total. The van der Waals surface area contributed by atoms with Crippen molar-refractivity contribution in [1.29, 1.82) is 0 Å². The van der Waals surface area contributed by atoms with Gasteiger partial charge in [0.25, 0.3) is 5.24 Å². The zero-order valence-electron chi connectivity index (χ0n) is 18.4. The standard InChI is InChI=1S/C24H28N4O2S/c1-5-25-22(18-8-6-10-19(15-18)30-4)28-13-7-9-16-14-17(11-12-20(16)28)21-24(2,3)31-23(29)27-26-21/h6,8,10-12,14-15H,5,7,9,13H2,1-4H3,(H,27,29)/b25-22-. The first kappa shape index (κ1) is 21.4. The number of fused-ring (bicyclic) bond motifs is 1.